The van der Waals surface area contributed by atoms with E-state index in [1.807, 2.05) is 0 Å². The quantitative estimate of drug-likeness (QED) is 0.914. The Kier molecular flexibility index (Phi) is 5.05. The van der Waals surface area contributed by atoms with Gasteiger partial charge in [0.25, 0.3) is 5.91 Å². The molecule has 0 radical (unpaired) electrons. The van der Waals surface area contributed by atoms with Gasteiger partial charge < -0.3 is 15.4 Å². The number of nitrogens with two attached hydrogens (primary N) is 1. The molecule has 6 heteroatoms. The highest BCUT2D eigenvalue weighted by atomic mass is 35.5. The molecule has 0 aliphatic heterocycles. The highest BCUT2D eigenvalue weighted by molar-refractivity contribution is 6.35. The first-order valence-corrected chi connectivity index (χ1v) is 5.72. The topological polar surface area (TPSA) is 55.6 Å². The van der Waals surface area contributed by atoms with Crippen molar-refractivity contribution in [3.8, 4) is 5.75 Å². The third-order valence-corrected chi connectivity index (χ3v) is 2.64. The molecule has 94 valence electrons. The summed E-state index contributed by atoms with van der Waals surface area (Å²) in [7, 11) is 3.30. The van der Waals surface area contributed by atoms with Crippen LogP contribution in [0.1, 0.15) is 5.56 Å². The van der Waals surface area contributed by atoms with Crippen LogP contribution in [-0.4, -0.2) is 31.5 Å². The van der Waals surface area contributed by atoms with Crippen LogP contribution in [-0.2, 0) is 11.3 Å². The molecule has 0 heterocycles. The second kappa shape index (κ2) is 6.10. The van der Waals surface area contributed by atoms with Crippen LogP contribution in [0.4, 0.5) is 0 Å². The van der Waals surface area contributed by atoms with Crippen LogP contribution in [0, 0.1) is 0 Å². The maximum atomic E-state index is 11.4. The Bertz CT molecular complexity index is 422. The summed E-state index contributed by atoms with van der Waals surface area (Å²) >= 11 is 11.8. The molecule has 0 fully saturated rings. The summed E-state index contributed by atoms with van der Waals surface area (Å²) in [5, 5.41) is 0.839. The largest absolute Gasteiger partial charge is 0.482 e. The SMILES string of the molecule is CN(C)C(=O)COc1c(Cl)cc(Cl)cc1CN. The lowest BCUT2D eigenvalue weighted by molar-refractivity contribution is -0.130. The van der Waals surface area contributed by atoms with Gasteiger partial charge in [0.15, 0.2) is 6.61 Å². The van der Waals surface area contributed by atoms with Gasteiger partial charge in [0.1, 0.15) is 5.75 Å². The molecule has 0 spiro atoms. The number of hydrogen-bond acceptors (Lipinski definition) is 3. The van der Waals surface area contributed by atoms with E-state index in [4.69, 9.17) is 33.7 Å². The first kappa shape index (κ1) is 14.1. The first-order valence-electron chi connectivity index (χ1n) is 4.96. The van der Waals surface area contributed by atoms with Crippen molar-refractivity contribution >= 4 is 29.1 Å². The van der Waals surface area contributed by atoms with Crippen LogP contribution >= 0.6 is 23.2 Å². The van der Waals surface area contributed by atoms with Gasteiger partial charge in [0.05, 0.1) is 5.02 Å². The lowest BCUT2D eigenvalue weighted by atomic mass is 10.2. The zero-order valence-electron chi connectivity index (χ0n) is 9.67. The lowest BCUT2D eigenvalue weighted by Gasteiger charge is -2.14. The number of ether oxygens (including phenoxy) is 1. The summed E-state index contributed by atoms with van der Waals surface area (Å²) in [5.74, 6) is 0.257. The molecular weight excluding hydrogens is 263 g/mol. The van der Waals surface area contributed by atoms with E-state index in [1.165, 1.54) is 4.90 Å². The van der Waals surface area contributed by atoms with Crippen LogP contribution in [0.15, 0.2) is 12.1 Å². The number of nitrogens with zero attached hydrogens (tertiary/aromatic N) is 1. The van der Waals surface area contributed by atoms with Crippen molar-refractivity contribution in [1.29, 1.82) is 0 Å². The molecule has 1 aromatic rings. The Labute approximate surface area is 110 Å². The number of rotatable bonds is 4. The molecule has 0 aliphatic rings. The molecule has 0 aliphatic carbocycles. The van der Waals surface area contributed by atoms with E-state index in [2.05, 4.69) is 0 Å². The predicted octanol–water partition coefficient (Wildman–Crippen LogP) is 1.92. The molecule has 1 amide bonds. The van der Waals surface area contributed by atoms with Gasteiger partial charge in [0.2, 0.25) is 0 Å². The molecule has 2 N–H and O–H groups in total. The lowest BCUT2D eigenvalue weighted by Crippen LogP contribution is -2.27. The molecule has 0 bridgehead atoms. The van der Waals surface area contributed by atoms with Crippen LogP contribution in [0.25, 0.3) is 0 Å². The smallest absolute Gasteiger partial charge is 0.259 e. The molecule has 0 saturated heterocycles. The summed E-state index contributed by atoms with van der Waals surface area (Å²) in [5.41, 5.74) is 6.24. The molecule has 1 aromatic carbocycles. The highest BCUT2D eigenvalue weighted by Gasteiger charge is 2.12. The van der Waals surface area contributed by atoms with E-state index >= 15 is 0 Å². The summed E-state index contributed by atoms with van der Waals surface area (Å²) in [6.45, 7) is 0.160. The standard InChI is InChI=1S/C11H14Cl2N2O2/c1-15(2)10(16)6-17-11-7(5-14)3-8(12)4-9(11)13/h3-4H,5-6,14H2,1-2H3. The Balaban J connectivity index is 2.87. The van der Waals surface area contributed by atoms with Gasteiger partial charge in [-0.1, -0.05) is 23.2 Å². The van der Waals surface area contributed by atoms with Gasteiger partial charge in [-0.3, -0.25) is 4.79 Å². The molecule has 0 aromatic heterocycles. The number of halogens is 2. The van der Waals surface area contributed by atoms with Crippen molar-refractivity contribution in [2.75, 3.05) is 20.7 Å². The van der Waals surface area contributed by atoms with E-state index in [-0.39, 0.29) is 19.1 Å². The fourth-order valence-electron chi connectivity index (χ4n) is 1.19. The number of likely N-dealkylation sites (N-methyl/N-ethyl adjacent to an activating group) is 1. The van der Waals surface area contributed by atoms with Crippen LogP contribution < -0.4 is 10.5 Å². The number of benzene rings is 1. The van der Waals surface area contributed by atoms with Crippen LogP contribution in [0.3, 0.4) is 0 Å². The van der Waals surface area contributed by atoms with Gasteiger partial charge in [-0.05, 0) is 12.1 Å². The van der Waals surface area contributed by atoms with Crippen molar-refractivity contribution in [2.24, 2.45) is 5.73 Å². The Hall–Kier alpha value is -0.970. The number of amides is 1. The van der Waals surface area contributed by atoms with Crippen LogP contribution in [0.2, 0.25) is 10.0 Å². The third-order valence-electron chi connectivity index (χ3n) is 2.14. The van der Waals surface area contributed by atoms with Crippen LogP contribution in [0.5, 0.6) is 5.75 Å². The zero-order chi connectivity index (χ0) is 13.0. The summed E-state index contributed by atoms with van der Waals surface area (Å²) < 4.78 is 5.38. The monoisotopic (exact) mass is 276 g/mol. The molecule has 1 rings (SSSR count). The van der Waals surface area contributed by atoms with E-state index in [0.29, 0.717) is 21.4 Å². The first-order chi connectivity index (χ1) is 7.95. The fourth-order valence-corrected chi connectivity index (χ4v) is 1.78. The molecule has 0 atom stereocenters. The van der Waals surface area contributed by atoms with E-state index < -0.39 is 0 Å². The van der Waals surface area contributed by atoms with Gasteiger partial charge in [-0.25, -0.2) is 0 Å². The molecule has 0 saturated carbocycles. The zero-order valence-corrected chi connectivity index (χ0v) is 11.2. The van der Waals surface area contributed by atoms with E-state index in [1.54, 1.807) is 26.2 Å². The Morgan fingerprint density at radius 1 is 1.41 bits per heavy atom. The molecule has 4 nitrogen and oxygen atoms in total. The Morgan fingerprint density at radius 3 is 2.59 bits per heavy atom. The molecule has 17 heavy (non-hydrogen) atoms. The normalized spacial score (nSPS) is 10.2. The van der Waals surface area contributed by atoms with Crippen molar-refractivity contribution < 1.29 is 9.53 Å². The van der Waals surface area contributed by atoms with Crippen molar-refractivity contribution in [3.63, 3.8) is 0 Å². The number of hydrogen-bond donors (Lipinski definition) is 1. The minimum atomic E-state index is -0.154. The van der Waals surface area contributed by atoms with Gasteiger partial charge in [0, 0.05) is 31.2 Å². The number of carbonyl (C=O) groups is 1. The summed E-state index contributed by atoms with van der Waals surface area (Å²) in [6.07, 6.45) is 0. The van der Waals surface area contributed by atoms with E-state index in [0.717, 1.165) is 0 Å². The average molecular weight is 277 g/mol. The second-order valence-corrected chi connectivity index (χ2v) is 4.50. The molecular formula is C11H14Cl2N2O2. The highest BCUT2D eigenvalue weighted by Crippen LogP contribution is 2.32. The number of carbonyl (C=O) groups excluding carboxylic acids is 1. The predicted molar refractivity (Wildman–Crippen MR) is 68.5 cm³/mol. The third kappa shape index (κ3) is 3.77. The van der Waals surface area contributed by atoms with Gasteiger partial charge in [-0.15, -0.1) is 0 Å². The fraction of sp³-hybridized carbons (Fsp3) is 0.364. The minimum Gasteiger partial charge on any atom is -0.482 e. The summed E-state index contributed by atoms with van der Waals surface area (Å²) in [6, 6.07) is 3.22. The van der Waals surface area contributed by atoms with E-state index in [9.17, 15) is 4.79 Å². The minimum absolute atomic E-state index is 0.0820. The van der Waals surface area contributed by atoms with Crippen molar-refractivity contribution in [3.05, 3.63) is 27.7 Å². The average Bonchev–Trinajstić information content (AvgIpc) is 2.26. The van der Waals surface area contributed by atoms with Gasteiger partial charge >= 0.3 is 0 Å². The maximum absolute atomic E-state index is 11.4. The van der Waals surface area contributed by atoms with Crippen molar-refractivity contribution in [1.82, 2.24) is 4.90 Å². The Morgan fingerprint density at radius 2 is 2.06 bits per heavy atom. The maximum Gasteiger partial charge on any atom is 0.259 e. The van der Waals surface area contributed by atoms with Gasteiger partial charge in [-0.2, -0.15) is 0 Å². The van der Waals surface area contributed by atoms with Crippen molar-refractivity contribution in [2.45, 2.75) is 6.54 Å². The summed E-state index contributed by atoms with van der Waals surface area (Å²) in [4.78, 5) is 12.8. The second-order valence-electron chi connectivity index (χ2n) is 3.66. The molecule has 0 unspecified atom stereocenters.